The van der Waals surface area contributed by atoms with Crippen LogP contribution in [0.15, 0.2) is 66.2 Å². The lowest BCUT2D eigenvalue weighted by Gasteiger charge is -2.13. The van der Waals surface area contributed by atoms with Crippen LogP contribution in [0.3, 0.4) is 0 Å². The number of nitrogens with zero attached hydrogens (tertiary/aromatic N) is 1. The van der Waals surface area contributed by atoms with Gasteiger partial charge in [-0.2, -0.15) is 5.26 Å². The number of anilines is 1. The van der Waals surface area contributed by atoms with Gasteiger partial charge in [-0.1, -0.05) is 46.9 Å². The molecule has 0 fully saturated rings. The van der Waals surface area contributed by atoms with Gasteiger partial charge in [0.05, 0.1) is 5.02 Å². The number of hydrogen-bond donors (Lipinski definition) is 2. The van der Waals surface area contributed by atoms with Crippen molar-refractivity contribution >= 4 is 52.5 Å². The SMILES string of the molecule is N#C/C(=C\c1cc(Cl)cc(Cl)c1OCc1ccc(Cl)cc1)C(=O)Nc1ccc(O)cc1. The summed E-state index contributed by atoms with van der Waals surface area (Å²) >= 11 is 18.3. The number of phenols is 1. The molecule has 3 aromatic carbocycles. The lowest BCUT2D eigenvalue weighted by Crippen LogP contribution is -2.13. The highest BCUT2D eigenvalue weighted by molar-refractivity contribution is 6.36. The van der Waals surface area contributed by atoms with Gasteiger partial charge in [0.25, 0.3) is 5.91 Å². The van der Waals surface area contributed by atoms with Crippen molar-refractivity contribution in [1.29, 1.82) is 5.26 Å². The Labute approximate surface area is 194 Å². The van der Waals surface area contributed by atoms with Crippen molar-refractivity contribution in [3.8, 4) is 17.6 Å². The second-order valence-electron chi connectivity index (χ2n) is 6.39. The van der Waals surface area contributed by atoms with E-state index in [4.69, 9.17) is 39.5 Å². The number of phenolic OH excluding ortho intramolecular Hbond substituents is 1. The second-order valence-corrected chi connectivity index (χ2v) is 7.67. The van der Waals surface area contributed by atoms with Crippen LogP contribution >= 0.6 is 34.8 Å². The molecule has 0 aliphatic heterocycles. The zero-order valence-electron chi connectivity index (χ0n) is 15.9. The number of carbonyl (C=O) groups is 1. The molecule has 8 heteroatoms. The lowest BCUT2D eigenvalue weighted by atomic mass is 10.1. The third-order valence-corrected chi connectivity index (χ3v) is 4.87. The third-order valence-electron chi connectivity index (χ3n) is 4.12. The first-order chi connectivity index (χ1) is 14.9. The summed E-state index contributed by atoms with van der Waals surface area (Å²) in [7, 11) is 0. The molecule has 0 aliphatic carbocycles. The van der Waals surface area contributed by atoms with Gasteiger partial charge in [0.2, 0.25) is 0 Å². The van der Waals surface area contributed by atoms with Crippen molar-refractivity contribution in [3.05, 3.63) is 92.4 Å². The summed E-state index contributed by atoms with van der Waals surface area (Å²) in [6.45, 7) is 0.195. The van der Waals surface area contributed by atoms with Gasteiger partial charge in [0, 0.05) is 21.3 Å². The van der Waals surface area contributed by atoms with Gasteiger partial charge in [-0.15, -0.1) is 0 Å². The number of rotatable bonds is 6. The van der Waals surface area contributed by atoms with E-state index < -0.39 is 5.91 Å². The van der Waals surface area contributed by atoms with Crippen LogP contribution in [-0.4, -0.2) is 11.0 Å². The van der Waals surface area contributed by atoms with Crippen molar-refractivity contribution < 1.29 is 14.6 Å². The van der Waals surface area contributed by atoms with E-state index in [-0.39, 0.29) is 28.7 Å². The number of amides is 1. The monoisotopic (exact) mass is 472 g/mol. The van der Waals surface area contributed by atoms with E-state index in [0.29, 0.717) is 21.3 Å². The largest absolute Gasteiger partial charge is 0.508 e. The van der Waals surface area contributed by atoms with E-state index in [1.165, 1.54) is 36.4 Å². The van der Waals surface area contributed by atoms with Crippen LogP contribution in [0.4, 0.5) is 5.69 Å². The Morgan fingerprint density at radius 3 is 2.35 bits per heavy atom. The second kappa shape index (κ2) is 10.2. The van der Waals surface area contributed by atoms with Crippen LogP contribution in [0, 0.1) is 11.3 Å². The molecule has 3 rings (SSSR count). The zero-order chi connectivity index (χ0) is 22.4. The van der Waals surface area contributed by atoms with Crippen molar-refractivity contribution in [1.82, 2.24) is 0 Å². The number of benzene rings is 3. The van der Waals surface area contributed by atoms with E-state index in [2.05, 4.69) is 5.32 Å². The average Bonchev–Trinajstić information content (AvgIpc) is 2.74. The van der Waals surface area contributed by atoms with Crippen LogP contribution in [-0.2, 0) is 11.4 Å². The number of nitrogens with one attached hydrogen (secondary N) is 1. The number of halogens is 3. The van der Waals surface area contributed by atoms with Crippen molar-refractivity contribution in [2.24, 2.45) is 0 Å². The fourth-order valence-electron chi connectivity index (χ4n) is 2.62. The molecule has 0 saturated heterocycles. The number of ether oxygens (including phenoxy) is 1. The van der Waals surface area contributed by atoms with Gasteiger partial charge >= 0.3 is 0 Å². The number of carbonyl (C=O) groups excluding carboxylic acids is 1. The minimum absolute atomic E-state index is 0.0603. The minimum atomic E-state index is -0.632. The molecule has 0 atom stereocenters. The minimum Gasteiger partial charge on any atom is -0.508 e. The molecule has 0 saturated carbocycles. The summed E-state index contributed by atoms with van der Waals surface area (Å²) in [6.07, 6.45) is 1.35. The lowest BCUT2D eigenvalue weighted by molar-refractivity contribution is -0.112. The average molecular weight is 474 g/mol. The van der Waals surface area contributed by atoms with E-state index in [1.807, 2.05) is 18.2 Å². The summed E-state index contributed by atoms with van der Waals surface area (Å²) in [5.74, 6) is -0.288. The summed E-state index contributed by atoms with van der Waals surface area (Å²) in [4.78, 5) is 12.5. The molecule has 0 aromatic heterocycles. The highest BCUT2D eigenvalue weighted by Gasteiger charge is 2.15. The molecular weight excluding hydrogens is 459 g/mol. The zero-order valence-corrected chi connectivity index (χ0v) is 18.2. The summed E-state index contributed by atoms with van der Waals surface area (Å²) in [6, 6.07) is 17.9. The maximum absolute atomic E-state index is 12.5. The Hall–Kier alpha value is -3.17. The molecule has 156 valence electrons. The standard InChI is InChI=1S/C23H15Cl3N2O3/c24-17-3-1-14(2-4-17)13-31-22-15(10-18(25)11-21(22)26)9-16(12-27)23(30)28-19-5-7-20(29)8-6-19/h1-11,29H,13H2,(H,28,30)/b16-9+. The molecule has 31 heavy (non-hydrogen) atoms. The van der Waals surface area contributed by atoms with Gasteiger partial charge in [-0.05, 0) is 60.2 Å². The molecule has 0 spiro atoms. The topological polar surface area (TPSA) is 82.3 Å². The van der Waals surface area contributed by atoms with E-state index >= 15 is 0 Å². The quantitative estimate of drug-likeness (QED) is 0.244. The molecule has 0 heterocycles. The first-order valence-electron chi connectivity index (χ1n) is 8.94. The molecule has 5 nitrogen and oxygen atoms in total. The Bertz CT molecular complexity index is 1170. The first-order valence-corrected chi connectivity index (χ1v) is 10.1. The molecule has 0 aliphatic rings. The highest BCUT2D eigenvalue weighted by atomic mass is 35.5. The molecule has 0 bridgehead atoms. The summed E-state index contributed by atoms with van der Waals surface area (Å²) in [5, 5.41) is 22.6. The Morgan fingerprint density at radius 2 is 1.71 bits per heavy atom. The Balaban J connectivity index is 1.87. The molecule has 0 unspecified atom stereocenters. The first kappa shape index (κ1) is 22.5. The van der Waals surface area contributed by atoms with Crippen LogP contribution in [0.5, 0.6) is 11.5 Å². The third kappa shape index (κ3) is 6.16. The predicted octanol–water partition coefficient (Wildman–Crippen LogP) is 6.48. The van der Waals surface area contributed by atoms with Crippen molar-refractivity contribution in [3.63, 3.8) is 0 Å². The van der Waals surface area contributed by atoms with Crippen LogP contribution in [0.1, 0.15) is 11.1 Å². The summed E-state index contributed by atoms with van der Waals surface area (Å²) in [5.41, 5.74) is 1.48. The van der Waals surface area contributed by atoms with Crippen molar-refractivity contribution in [2.45, 2.75) is 6.61 Å². The molecular formula is C23H15Cl3N2O3. The van der Waals surface area contributed by atoms with Gasteiger partial charge in [0.15, 0.2) is 0 Å². The highest BCUT2D eigenvalue weighted by Crippen LogP contribution is 2.34. The summed E-state index contributed by atoms with van der Waals surface area (Å²) < 4.78 is 5.86. The normalized spacial score (nSPS) is 11.0. The maximum Gasteiger partial charge on any atom is 0.266 e. The van der Waals surface area contributed by atoms with E-state index in [9.17, 15) is 15.2 Å². The van der Waals surface area contributed by atoms with Crippen molar-refractivity contribution in [2.75, 3.05) is 5.32 Å². The number of aromatic hydroxyl groups is 1. The maximum atomic E-state index is 12.5. The fourth-order valence-corrected chi connectivity index (χ4v) is 3.31. The van der Waals surface area contributed by atoms with Crippen LogP contribution < -0.4 is 10.1 Å². The van der Waals surface area contributed by atoms with Crippen LogP contribution in [0.25, 0.3) is 6.08 Å². The van der Waals surface area contributed by atoms with Gasteiger partial charge < -0.3 is 15.2 Å². The predicted molar refractivity (Wildman–Crippen MR) is 123 cm³/mol. The number of nitriles is 1. The molecule has 2 N–H and O–H groups in total. The molecule has 0 radical (unpaired) electrons. The Kier molecular flexibility index (Phi) is 7.43. The van der Waals surface area contributed by atoms with Gasteiger partial charge in [-0.3, -0.25) is 4.79 Å². The molecule has 1 amide bonds. The smallest absolute Gasteiger partial charge is 0.266 e. The Morgan fingerprint density at radius 1 is 1.03 bits per heavy atom. The van der Waals surface area contributed by atoms with Crippen LogP contribution in [0.2, 0.25) is 15.1 Å². The van der Waals surface area contributed by atoms with E-state index in [0.717, 1.165) is 5.56 Å². The number of hydrogen-bond acceptors (Lipinski definition) is 4. The molecule has 3 aromatic rings. The van der Waals surface area contributed by atoms with E-state index in [1.54, 1.807) is 18.2 Å². The van der Waals surface area contributed by atoms with Gasteiger partial charge in [-0.25, -0.2) is 0 Å². The fraction of sp³-hybridized carbons (Fsp3) is 0.0435. The van der Waals surface area contributed by atoms with Gasteiger partial charge in [0.1, 0.15) is 29.7 Å².